The van der Waals surface area contributed by atoms with Crippen molar-refractivity contribution in [1.29, 1.82) is 0 Å². The van der Waals surface area contributed by atoms with Crippen LogP contribution < -0.4 is 15.5 Å². The monoisotopic (exact) mass is 562 g/mol. The fourth-order valence-corrected chi connectivity index (χ4v) is 4.95. The highest BCUT2D eigenvalue weighted by Crippen LogP contribution is 2.22. The quantitative estimate of drug-likeness (QED) is 0.425. The van der Waals surface area contributed by atoms with Crippen molar-refractivity contribution in [3.63, 3.8) is 0 Å². The van der Waals surface area contributed by atoms with Crippen LogP contribution in [0.15, 0.2) is 64.5 Å². The lowest BCUT2D eigenvalue weighted by Crippen LogP contribution is -2.48. The fourth-order valence-electron chi connectivity index (χ4n) is 3.48. The summed E-state index contributed by atoms with van der Waals surface area (Å²) in [5.74, 6) is -0.283. The topological polar surface area (TPSA) is 64.7 Å². The Kier molecular flexibility index (Phi) is 7.64. The smallest absolute Gasteiger partial charge is 0.264 e. The van der Waals surface area contributed by atoms with E-state index in [0.717, 1.165) is 33.8 Å². The molecule has 0 spiro atoms. The third-order valence-electron chi connectivity index (χ3n) is 5.19. The zero-order chi connectivity index (χ0) is 23.4. The van der Waals surface area contributed by atoms with Crippen molar-refractivity contribution < 1.29 is 9.59 Å². The van der Waals surface area contributed by atoms with Crippen molar-refractivity contribution in [3.8, 4) is 0 Å². The Labute approximate surface area is 214 Å². The van der Waals surface area contributed by atoms with Gasteiger partial charge in [-0.15, -0.1) is 11.3 Å². The predicted molar refractivity (Wildman–Crippen MR) is 142 cm³/mol. The van der Waals surface area contributed by atoms with E-state index >= 15 is 0 Å². The summed E-state index contributed by atoms with van der Waals surface area (Å²) in [7, 11) is 0. The molecule has 1 aromatic heterocycles. The van der Waals surface area contributed by atoms with Crippen LogP contribution >= 0.6 is 51.1 Å². The molecule has 2 aromatic carbocycles. The van der Waals surface area contributed by atoms with Crippen LogP contribution in [0.25, 0.3) is 0 Å². The van der Waals surface area contributed by atoms with Crippen LogP contribution in [-0.4, -0.2) is 48.0 Å². The molecule has 1 fully saturated rings. The first-order valence-electron chi connectivity index (χ1n) is 10.2. The lowest BCUT2D eigenvalue weighted by molar-refractivity contribution is 0.0751. The molecule has 6 nitrogen and oxygen atoms in total. The normalized spacial score (nSPS) is 13.5. The van der Waals surface area contributed by atoms with Gasteiger partial charge in [-0.25, -0.2) is 0 Å². The molecule has 10 heteroatoms. The number of carbonyl (C=O) groups is 2. The summed E-state index contributed by atoms with van der Waals surface area (Å²) in [6.07, 6.45) is 0. The number of thiocarbonyl (C=S) groups is 1. The summed E-state index contributed by atoms with van der Waals surface area (Å²) in [5, 5.41) is 8.12. The Balaban J connectivity index is 1.29. The number of benzene rings is 2. The average molecular weight is 564 g/mol. The lowest BCUT2D eigenvalue weighted by atomic mass is 10.2. The number of piperazine rings is 1. The third-order valence-corrected chi connectivity index (χ3v) is 7.07. The summed E-state index contributed by atoms with van der Waals surface area (Å²) in [4.78, 5) is 29.9. The number of hydrogen-bond acceptors (Lipinski definition) is 5. The highest BCUT2D eigenvalue weighted by molar-refractivity contribution is 9.10. The van der Waals surface area contributed by atoms with E-state index in [9.17, 15) is 9.59 Å². The van der Waals surface area contributed by atoms with Gasteiger partial charge in [0.15, 0.2) is 5.11 Å². The second-order valence-electron chi connectivity index (χ2n) is 7.34. The Morgan fingerprint density at radius 3 is 2.42 bits per heavy atom. The molecule has 0 bridgehead atoms. The first-order valence-corrected chi connectivity index (χ1v) is 12.6. The van der Waals surface area contributed by atoms with Crippen molar-refractivity contribution in [2.45, 2.75) is 0 Å². The van der Waals surface area contributed by atoms with E-state index in [1.54, 1.807) is 18.2 Å². The minimum Gasteiger partial charge on any atom is -0.368 e. The van der Waals surface area contributed by atoms with Crippen molar-refractivity contribution in [2.75, 3.05) is 36.4 Å². The Morgan fingerprint density at radius 2 is 1.76 bits per heavy atom. The van der Waals surface area contributed by atoms with Gasteiger partial charge in [0.05, 0.1) is 15.5 Å². The van der Waals surface area contributed by atoms with Crippen LogP contribution in [-0.2, 0) is 0 Å². The van der Waals surface area contributed by atoms with Crippen molar-refractivity contribution in [1.82, 2.24) is 10.2 Å². The molecule has 0 atom stereocenters. The molecular weight excluding hydrogens is 544 g/mol. The van der Waals surface area contributed by atoms with Crippen LogP contribution in [0, 0.1) is 0 Å². The minimum absolute atomic E-state index is 0.101. The highest BCUT2D eigenvalue weighted by atomic mass is 79.9. The van der Waals surface area contributed by atoms with Gasteiger partial charge in [-0.05, 0) is 66.1 Å². The largest absolute Gasteiger partial charge is 0.368 e. The van der Waals surface area contributed by atoms with E-state index in [1.807, 2.05) is 46.7 Å². The van der Waals surface area contributed by atoms with Gasteiger partial charge in [0.25, 0.3) is 11.8 Å². The summed E-state index contributed by atoms with van der Waals surface area (Å²) < 4.78 is 0.753. The number of thiophene rings is 1. The number of nitrogens with one attached hydrogen (secondary N) is 2. The molecule has 2 N–H and O–H groups in total. The molecule has 0 unspecified atom stereocenters. The van der Waals surface area contributed by atoms with E-state index in [0.29, 0.717) is 23.7 Å². The fraction of sp³-hybridized carbons (Fsp3) is 0.174. The second kappa shape index (κ2) is 10.6. The van der Waals surface area contributed by atoms with Gasteiger partial charge in [0.2, 0.25) is 0 Å². The Morgan fingerprint density at radius 1 is 1.03 bits per heavy atom. The number of anilines is 2. The SMILES string of the molecule is O=C(NC(=S)Nc1ccc(N2CCN(C(=O)c3cccs3)CC2)cc1)c1cc(Br)ccc1Cl. The van der Waals surface area contributed by atoms with Crippen LogP contribution in [0.4, 0.5) is 11.4 Å². The van der Waals surface area contributed by atoms with Gasteiger partial charge in [-0.2, -0.15) is 0 Å². The zero-order valence-corrected chi connectivity index (χ0v) is 21.4. The summed E-state index contributed by atoms with van der Waals surface area (Å²) in [6.45, 7) is 2.91. The molecule has 1 aliphatic heterocycles. The van der Waals surface area contributed by atoms with E-state index in [-0.39, 0.29) is 16.9 Å². The molecule has 1 aliphatic rings. The first-order chi connectivity index (χ1) is 15.9. The summed E-state index contributed by atoms with van der Waals surface area (Å²) in [5.41, 5.74) is 2.16. The minimum atomic E-state index is -0.384. The molecule has 0 radical (unpaired) electrons. The molecule has 1 saturated heterocycles. The van der Waals surface area contributed by atoms with Gasteiger partial charge in [-0.3, -0.25) is 14.9 Å². The molecule has 0 saturated carbocycles. The number of rotatable bonds is 4. The van der Waals surface area contributed by atoms with Gasteiger partial charge in [0.1, 0.15) is 0 Å². The number of hydrogen-bond donors (Lipinski definition) is 2. The van der Waals surface area contributed by atoms with E-state index in [1.165, 1.54) is 11.3 Å². The number of halogens is 2. The van der Waals surface area contributed by atoms with E-state index in [2.05, 4.69) is 31.5 Å². The third kappa shape index (κ3) is 5.92. The summed E-state index contributed by atoms with van der Waals surface area (Å²) in [6, 6.07) is 16.6. The van der Waals surface area contributed by atoms with Crippen molar-refractivity contribution in [3.05, 3.63) is 79.9 Å². The predicted octanol–water partition coefficient (Wildman–Crippen LogP) is 5.25. The van der Waals surface area contributed by atoms with Crippen LogP contribution in [0.2, 0.25) is 5.02 Å². The molecule has 2 heterocycles. The number of carbonyl (C=O) groups excluding carboxylic acids is 2. The van der Waals surface area contributed by atoms with Crippen LogP contribution in [0.1, 0.15) is 20.0 Å². The maximum Gasteiger partial charge on any atom is 0.264 e. The Bertz CT molecular complexity index is 1160. The van der Waals surface area contributed by atoms with Gasteiger partial charge < -0.3 is 15.1 Å². The lowest BCUT2D eigenvalue weighted by Gasteiger charge is -2.36. The van der Waals surface area contributed by atoms with Crippen LogP contribution in [0.5, 0.6) is 0 Å². The number of nitrogens with zero attached hydrogens (tertiary/aromatic N) is 2. The maximum absolute atomic E-state index is 12.5. The van der Waals surface area contributed by atoms with Gasteiger partial charge in [0, 0.05) is 42.0 Å². The average Bonchev–Trinajstić information content (AvgIpc) is 3.36. The standard InChI is InChI=1S/C23H20BrClN4O2S2/c24-15-3-8-19(25)18(14-15)21(30)27-23(32)26-16-4-6-17(7-5-16)28-9-11-29(12-10-28)22(31)20-2-1-13-33-20/h1-8,13-14H,9-12H2,(H2,26,27,30,32). The van der Waals surface area contributed by atoms with Crippen molar-refractivity contribution >= 4 is 79.4 Å². The van der Waals surface area contributed by atoms with Gasteiger partial charge >= 0.3 is 0 Å². The molecule has 3 aromatic rings. The highest BCUT2D eigenvalue weighted by Gasteiger charge is 2.23. The molecule has 4 rings (SSSR count). The van der Waals surface area contributed by atoms with E-state index in [4.69, 9.17) is 23.8 Å². The van der Waals surface area contributed by atoms with E-state index < -0.39 is 0 Å². The summed E-state index contributed by atoms with van der Waals surface area (Å²) >= 11 is 16.2. The zero-order valence-electron chi connectivity index (χ0n) is 17.4. The molecular formula is C23H20BrClN4O2S2. The first kappa shape index (κ1) is 23.7. The number of amides is 2. The van der Waals surface area contributed by atoms with Gasteiger partial charge in [-0.1, -0.05) is 33.6 Å². The second-order valence-corrected chi connectivity index (χ2v) is 10.0. The maximum atomic E-state index is 12.5. The molecule has 0 aliphatic carbocycles. The van der Waals surface area contributed by atoms with Crippen LogP contribution in [0.3, 0.4) is 0 Å². The van der Waals surface area contributed by atoms with Crippen molar-refractivity contribution in [2.24, 2.45) is 0 Å². The Hall–Kier alpha value is -2.46. The molecule has 33 heavy (non-hydrogen) atoms. The molecule has 170 valence electrons. The molecule has 2 amide bonds.